The van der Waals surface area contributed by atoms with Crippen LogP contribution < -0.4 is 4.72 Å². The molecule has 2 N–H and O–H groups in total. The molecule has 1 unspecified atom stereocenters. The number of nitrogens with one attached hydrogen (secondary N) is 2. The van der Waals surface area contributed by atoms with Gasteiger partial charge in [-0.15, -0.1) is 0 Å². The fourth-order valence-corrected chi connectivity index (χ4v) is 3.47. The zero-order chi connectivity index (χ0) is 13.0. The minimum atomic E-state index is -3.35. The van der Waals surface area contributed by atoms with E-state index in [1.165, 1.54) is 10.6 Å². The van der Waals surface area contributed by atoms with Gasteiger partial charge >= 0.3 is 0 Å². The van der Waals surface area contributed by atoms with E-state index in [0.29, 0.717) is 37.8 Å². The lowest BCUT2D eigenvalue weighted by atomic mass is 10.0. The molecule has 0 radical (unpaired) electrons. The van der Waals surface area contributed by atoms with Crippen molar-refractivity contribution < 1.29 is 8.42 Å². The van der Waals surface area contributed by atoms with Gasteiger partial charge in [-0.1, -0.05) is 6.92 Å². The number of rotatable bonds is 5. The molecule has 1 fully saturated rings. The topological polar surface area (TPSA) is 91.0 Å². The number of hydrogen-bond acceptors (Lipinski definition) is 4. The Bertz CT molecular complexity index is 459. The molecule has 0 aliphatic carbocycles. The summed E-state index contributed by atoms with van der Waals surface area (Å²) in [6.07, 6.45) is 3.97. The Balaban J connectivity index is 1.83. The lowest BCUT2D eigenvalue weighted by Gasteiger charge is -2.29. The van der Waals surface area contributed by atoms with E-state index in [9.17, 15) is 8.42 Å². The van der Waals surface area contributed by atoms with E-state index in [1.807, 2.05) is 0 Å². The van der Waals surface area contributed by atoms with Gasteiger partial charge < -0.3 is 0 Å². The van der Waals surface area contributed by atoms with E-state index >= 15 is 0 Å². The molecule has 102 valence electrons. The molecular weight excluding hydrogens is 254 g/mol. The quantitative estimate of drug-likeness (QED) is 0.784. The fraction of sp³-hybridized carbons (Fsp3) is 0.800. The Labute approximate surface area is 107 Å². The largest absolute Gasteiger partial charge is 0.279 e. The van der Waals surface area contributed by atoms with Crippen LogP contribution in [0.1, 0.15) is 25.6 Å². The number of piperidine rings is 1. The predicted octanol–water partition coefficient (Wildman–Crippen LogP) is -0.0865. The van der Waals surface area contributed by atoms with Crippen molar-refractivity contribution >= 4 is 10.2 Å². The highest BCUT2D eigenvalue weighted by Gasteiger charge is 2.26. The van der Waals surface area contributed by atoms with Gasteiger partial charge in [0, 0.05) is 26.1 Å². The molecule has 18 heavy (non-hydrogen) atoms. The van der Waals surface area contributed by atoms with E-state index < -0.39 is 10.2 Å². The molecule has 1 aliphatic heterocycles. The van der Waals surface area contributed by atoms with Crippen molar-refractivity contribution in [1.82, 2.24) is 24.2 Å². The average molecular weight is 273 g/mol. The van der Waals surface area contributed by atoms with Crippen molar-refractivity contribution in [1.29, 1.82) is 0 Å². The molecule has 1 aliphatic rings. The molecule has 7 nitrogen and oxygen atoms in total. The van der Waals surface area contributed by atoms with Gasteiger partial charge in [-0.3, -0.25) is 5.10 Å². The van der Waals surface area contributed by atoms with Gasteiger partial charge in [0.2, 0.25) is 0 Å². The second-order valence-electron chi connectivity index (χ2n) is 4.69. The minimum Gasteiger partial charge on any atom is -0.263 e. The number of hydrogen-bond donors (Lipinski definition) is 2. The Morgan fingerprint density at radius 3 is 3.11 bits per heavy atom. The Hall–Kier alpha value is -0.990. The molecule has 1 atom stereocenters. The number of aromatic nitrogens is 3. The van der Waals surface area contributed by atoms with Crippen LogP contribution in [-0.4, -0.2) is 47.5 Å². The molecule has 1 saturated heterocycles. The summed E-state index contributed by atoms with van der Waals surface area (Å²) in [5.74, 6) is 1.12. The first-order valence-electron chi connectivity index (χ1n) is 6.17. The van der Waals surface area contributed by atoms with Crippen LogP contribution in [0.2, 0.25) is 0 Å². The number of aromatic amines is 1. The van der Waals surface area contributed by atoms with Crippen molar-refractivity contribution in [3.8, 4) is 0 Å². The smallest absolute Gasteiger partial charge is 0.263 e. The van der Waals surface area contributed by atoms with Crippen LogP contribution in [0.3, 0.4) is 0 Å². The van der Waals surface area contributed by atoms with Crippen molar-refractivity contribution in [3.05, 3.63) is 12.2 Å². The molecule has 0 aromatic carbocycles. The summed E-state index contributed by atoms with van der Waals surface area (Å²) >= 11 is 0. The second kappa shape index (κ2) is 5.77. The minimum absolute atomic E-state index is 0.336. The zero-order valence-electron chi connectivity index (χ0n) is 10.5. The van der Waals surface area contributed by atoms with Gasteiger partial charge in [-0.25, -0.2) is 9.71 Å². The molecule has 0 saturated carbocycles. The van der Waals surface area contributed by atoms with Crippen LogP contribution in [-0.2, 0) is 16.6 Å². The summed E-state index contributed by atoms with van der Waals surface area (Å²) in [5, 5.41) is 6.41. The lowest BCUT2D eigenvalue weighted by molar-refractivity contribution is 0.278. The highest BCUT2D eigenvalue weighted by atomic mass is 32.2. The predicted molar refractivity (Wildman–Crippen MR) is 67.0 cm³/mol. The maximum Gasteiger partial charge on any atom is 0.279 e. The van der Waals surface area contributed by atoms with E-state index in [0.717, 1.165) is 12.8 Å². The molecule has 1 aromatic rings. The fourth-order valence-electron chi connectivity index (χ4n) is 2.11. The Morgan fingerprint density at radius 1 is 1.61 bits per heavy atom. The molecule has 0 bridgehead atoms. The maximum absolute atomic E-state index is 12.0. The third-order valence-electron chi connectivity index (χ3n) is 3.07. The molecule has 0 amide bonds. The van der Waals surface area contributed by atoms with Gasteiger partial charge in [0.05, 0.1) is 0 Å². The van der Waals surface area contributed by atoms with E-state index in [2.05, 4.69) is 26.8 Å². The third kappa shape index (κ3) is 3.50. The number of H-pyrrole nitrogens is 1. The molecule has 1 aromatic heterocycles. The summed E-state index contributed by atoms with van der Waals surface area (Å²) in [4.78, 5) is 3.95. The SMILES string of the molecule is CC1CCCN(S(=O)(=O)NCCc2ncn[nH]2)C1. The first kappa shape index (κ1) is 13.4. The van der Waals surface area contributed by atoms with Crippen LogP contribution in [0.4, 0.5) is 0 Å². The van der Waals surface area contributed by atoms with Crippen LogP contribution >= 0.6 is 0 Å². The molecule has 8 heteroatoms. The monoisotopic (exact) mass is 273 g/mol. The van der Waals surface area contributed by atoms with Crippen LogP contribution in [0.25, 0.3) is 0 Å². The highest BCUT2D eigenvalue weighted by molar-refractivity contribution is 7.87. The molecule has 0 spiro atoms. The lowest BCUT2D eigenvalue weighted by Crippen LogP contribution is -2.46. The summed E-state index contributed by atoms with van der Waals surface area (Å²) in [7, 11) is -3.35. The van der Waals surface area contributed by atoms with Crippen molar-refractivity contribution in [2.75, 3.05) is 19.6 Å². The van der Waals surface area contributed by atoms with Crippen molar-refractivity contribution in [3.63, 3.8) is 0 Å². The van der Waals surface area contributed by atoms with Crippen molar-refractivity contribution in [2.45, 2.75) is 26.2 Å². The highest BCUT2D eigenvalue weighted by Crippen LogP contribution is 2.17. The summed E-state index contributed by atoms with van der Waals surface area (Å²) in [6.45, 7) is 3.64. The summed E-state index contributed by atoms with van der Waals surface area (Å²) in [6, 6.07) is 0. The second-order valence-corrected chi connectivity index (χ2v) is 6.44. The summed E-state index contributed by atoms with van der Waals surface area (Å²) in [5.41, 5.74) is 0. The average Bonchev–Trinajstić information content (AvgIpc) is 2.82. The van der Waals surface area contributed by atoms with Gasteiger partial charge in [0.25, 0.3) is 10.2 Å². The van der Waals surface area contributed by atoms with Crippen LogP contribution in [0.15, 0.2) is 6.33 Å². The number of nitrogens with zero attached hydrogens (tertiary/aromatic N) is 3. The maximum atomic E-state index is 12.0. The first-order chi connectivity index (χ1) is 8.58. The summed E-state index contributed by atoms with van der Waals surface area (Å²) < 4.78 is 28.2. The standard InChI is InChI=1S/C10H19N5O2S/c1-9-3-2-6-15(7-9)18(16,17)13-5-4-10-11-8-12-14-10/h8-9,13H,2-7H2,1H3,(H,11,12,14). The molecule has 2 heterocycles. The van der Waals surface area contributed by atoms with Gasteiger partial charge in [-0.2, -0.15) is 17.8 Å². The third-order valence-corrected chi connectivity index (χ3v) is 4.65. The van der Waals surface area contributed by atoms with Crippen LogP contribution in [0, 0.1) is 5.92 Å². The molecular formula is C10H19N5O2S. The van der Waals surface area contributed by atoms with Crippen molar-refractivity contribution in [2.24, 2.45) is 5.92 Å². The Morgan fingerprint density at radius 2 is 2.44 bits per heavy atom. The van der Waals surface area contributed by atoms with E-state index in [-0.39, 0.29) is 0 Å². The van der Waals surface area contributed by atoms with Crippen LogP contribution in [0.5, 0.6) is 0 Å². The Kier molecular flexibility index (Phi) is 4.31. The first-order valence-corrected chi connectivity index (χ1v) is 7.61. The van der Waals surface area contributed by atoms with Gasteiger partial charge in [-0.05, 0) is 18.8 Å². The van der Waals surface area contributed by atoms with Gasteiger partial charge in [0.1, 0.15) is 12.2 Å². The zero-order valence-corrected chi connectivity index (χ0v) is 11.3. The van der Waals surface area contributed by atoms with E-state index in [1.54, 1.807) is 0 Å². The van der Waals surface area contributed by atoms with Gasteiger partial charge in [0.15, 0.2) is 0 Å². The normalized spacial score (nSPS) is 22.2. The van der Waals surface area contributed by atoms with E-state index in [4.69, 9.17) is 0 Å². The molecule has 2 rings (SSSR count).